The van der Waals surface area contributed by atoms with E-state index in [1.54, 1.807) is 0 Å². The average molecular weight is 467 g/mol. The second-order valence-corrected chi connectivity index (χ2v) is 8.89. The molecule has 3 atom stereocenters. The summed E-state index contributed by atoms with van der Waals surface area (Å²) in [6, 6.07) is 15.0. The first-order chi connectivity index (χ1) is 16.5. The Balaban J connectivity index is 1.31. The van der Waals surface area contributed by atoms with Crippen molar-refractivity contribution >= 4 is 18.0 Å². The van der Waals surface area contributed by atoms with Crippen molar-refractivity contribution in [3.63, 3.8) is 0 Å². The van der Waals surface area contributed by atoms with Crippen molar-refractivity contribution in [1.29, 1.82) is 0 Å². The third kappa shape index (κ3) is 5.22. The van der Waals surface area contributed by atoms with E-state index in [9.17, 15) is 19.5 Å². The van der Waals surface area contributed by atoms with Crippen LogP contribution in [0.1, 0.15) is 42.7 Å². The van der Waals surface area contributed by atoms with Gasteiger partial charge in [0, 0.05) is 25.0 Å². The van der Waals surface area contributed by atoms with Gasteiger partial charge in [-0.05, 0) is 41.5 Å². The lowest BCUT2D eigenvalue weighted by atomic mass is 9.85. The van der Waals surface area contributed by atoms with E-state index in [4.69, 9.17) is 9.47 Å². The molecule has 2 aromatic carbocycles. The topological polar surface area (TPSA) is 114 Å². The van der Waals surface area contributed by atoms with E-state index in [1.165, 1.54) is 18.2 Å². The number of nitrogens with one attached hydrogen (secondary N) is 2. The predicted octanol–water partition coefficient (Wildman–Crippen LogP) is 3.30. The Labute approximate surface area is 198 Å². The molecular weight excluding hydrogens is 436 g/mol. The summed E-state index contributed by atoms with van der Waals surface area (Å²) in [6.45, 7) is 0.128. The van der Waals surface area contributed by atoms with Gasteiger partial charge in [0.2, 0.25) is 5.91 Å². The van der Waals surface area contributed by atoms with Crippen LogP contribution in [0.5, 0.6) is 0 Å². The summed E-state index contributed by atoms with van der Waals surface area (Å²) in [5.41, 5.74) is 4.63. The highest BCUT2D eigenvalue weighted by Gasteiger charge is 2.32. The number of carbonyl (C=O) groups is 3. The van der Waals surface area contributed by atoms with Crippen LogP contribution in [0.25, 0.3) is 11.1 Å². The number of fused-ring (bicyclic) bond motifs is 3. The zero-order valence-electron chi connectivity index (χ0n) is 19.2. The fraction of sp³-hybridized carbons (Fsp3) is 0.423. The number of rotatable bonds is 8. The van der Waals surface area contributed by atoms with E-state index in [0.29, 0.717) is 12.8 Å². The van der Waals surface area contributed by atoms with Gasteiger partial charge >= 0.3 is 12.1 Å². The van der Waals surface area contributed by atoms with E-state index >= 15 is 0 Å². The van der Waals surface area contributed by atoms with Crippen molar-refractivity contribution in [1.82, 2.24) is 10.6 Å². The van der Waals surface area contributed by atoms with E-state index in [1.807, 2.05) is 24.3 Å². The Morgan fingerprint density at radius 2 is 1.68 bits per heavy atom. The van der Waals surface area contributed by atoms with Crippen molar-refractivity contribution in [2.75, 3.05) is 20.3 Å². The maximum absolute atomic E-state index is 12.6. The Kier molecular flexibility index (Phi) is 7.47. The van der Waals surface area contributed by atoms with Gasteiger partial charge in [-0.3, -0.25) is 4.79 Å². The van der Waals surface area contributed by atoms with Crippen LogP contribution >= 0.6 is 0 Å². The van der Waals surface area contributed by atoms with Gasteiger partial charge in [0.25, 0.3) is 0 Å². The summed E-state index contributed by atoms with van der Waals surface area (Å²) in [7, 11) is 1.39. The smallest absolute Gasteiger partial charge is 0.407 e. The van der Waals surface area contributed by atoms with Gasteiger partial charge in [-0.2, -0.15) is 0 Å². The molecule has 180 valence electrons. The third-order valence-corrected chi connectivity index (χ3v) is 6.66. The van der Waals surface area contributed by atoms with Gasteiger partial charge in [0.05, 0.1) is 6.61 Å². The first-order valence-electron chi connectivity index (χ1n) is 11.6. The number of carbonyl (C=O) groups excluding carboxylic acids is 2. The lowest BCUT2D eigenvalue weighted by Gasteiger charge is -2.29. The first-order valence-corrected chi connectivity index (χ1v) is 11.6. The van der Waals surface area contributed by atoms with Crippen molar-refractivity contribution < 1.29 is 29.0 Å². The van der Waals surface area contributed by atoms with Crippen LogP contribution in [0.15, 0.2) is 48.5 Å². The van der Waals surface area contributed by atoms with E-state index in [2.05, 4.69) is 34.9 Å². The molecule has 8 heteroatoms. The predicted molar refractivity (Wildman–Crippen MR) is 125 cm³/mol. The molecular formula is C26H30N2O6. The Hall–Kier alpha value is -3.39. The number of hydrogen-bond acceptors (Lipinski definition) is 5. The molecule has 0 saturated heterocycles. The van der Waals surface area contributed by atoms with Crippen molar-refractivity contribution in [3.8, 4) is 11.1 Å². The zero-order valence-corrected chi connectivity index (χ0v) is 19.2. The molecule has 3 unspecified atom stereocenters. The van der Waals surface area contributed by atoms with Crippen molar-refractivity contribution in [2.45, 2.75) is 43.7 Å². The molecule has 1 fully saturated rings. The van der Waals surface area contributed by atoms with Gasteiger partial charge in [-0.1, -0.05) is 55.0 Å². The van der Waals surface area contributed by atoms with Crippen LogP contribution in [0.2, 0.25) is 0 Å². The molecule has 2 aromatic rings. The van der Waals surface area contributed by atoms with E-state index in [-0.39, 0.29) is 37.0 Å². The van der Waals surface area contributed by atoms with Crippen LogP contribution in [-0.2, 0) is 19.1 Å². The molecule has 2 aliphatic carbocycles. The Bertz CT molecular complexity index is 1010. The fourth-order valence-corrected chi connectivity index (χ4v) is 5.00. The molecule has 0 heterocycles. The van der Waals surface area contributed by atoms with Gasteiger partial charge < -0.3 is 25.2 Å². The highest BCUT2D eigenvalue weighted by Crippen LogP contribution is 2.44. The molecule has 0 radical (unpaired) electrons. The second-order valence-electron chi connectivity index (χ2n) is 8.89. The normalized spacial score (nSPS) is 20.0. The van der Waals surface area contributed by atoms with Crippen LogP contribution in [0.4, 0.5) is 4.79 Å². The molecule has 2 amide bonds. The number of carboxylic acids is 1. The van der Waals surface area contributed by atoms with Crippen molar-refractivity contribution in [3.05, 3.63) is 59.7 Å². The number of carboxylic acid groups (broad SMARTS) is 1. The van der Waals surface area contributed by atoms with Gasteiger partial charge in [0.1, 0.15) is 6.61 Å². The Morgan fingerprint density at radius 3 is 2.29 bits per heavy atom. The maximum Gasteiger partial charge on any atom is 0.407 e. The standard InChI is InChI=1S/C26H30N2O6/c1-33-15-23(25(30)31)28-24(29)16-7-6-8-17(13-16)27-26(32)34-14-22-20-11-4-2-9-18(20)19-10-3-5-12-21(19)22/h2-5,9-12,16-17,22-23H,6-8,13-15H2,1H3,(H,27,32)(H,28,29)(H,30,31). The molecule has 0 aromatic heterocycles. The summed E-state index contributed by atoms with van der Waals surface area (Å²) in [6.07, 6.45) is 2.09. The second kappa shape index (κ2) is 10.7. The molecule has 0 spiro atoms. The molecule has 3 N–H and O–H groups in total. The number of amides is 2. The van der Waals surface area contributed by atoms with Gasteiger partial charge in [-0.15, -0.1) is 0 Å². The molecule has 8 nitrogen and oxygen atoms in total. The highest BCUT2D eigenvalue weighted by atomic mass is 16.5. The quantitative estimate of drug-likeness (QED) is 0.550. The minimum atomic E-state index is -1.14. The number of hydrogen-bond donors (Lipinski definition) is 3. The van der Waals surface area contributed by atoms with E-state index in [0.717, 1.165) is 24.0 Å². The molecule has 2 aliphatic rings. The summed E-state index contributed by atoms with van der Waals surface area (Å²) >= 11 is 0. The molecule has 4 rings (SSSR count). The molecule has 0 bridgehead atoms. The summed E-state index contributed by atoms with van der Waals surface area (Å²) in [5.74, 6) is -1.86. The van der Waals surface area contributed by atoms with E-state index < -0.39 is 18.1 Å². The molecule has 0 aliphatic heterocycles. The number of ether oxygens (including phenoxy) is 2. The lowest BCUT2D eigenvalue weighted by Crippen LogP contribution is -2.48. The first kappa shape index (κ1) is 23.8. The van der Waals surface area contributed by atoms with Crippen LogP contribution in [0, 0.1) is 5.92 Å². The molecule has 34 heavy (non-hydrogen) atoms. The fourth-order valence-electron chi connectivity index (χ4n) is 5.00. The van der Waals surface area contributed by atoms with Crippen LogP contribution < -0.4 is 10.6 Å². The lowest BCUT2D eigenvalue weighted by molar-refractivity contribution is -0.144. The number of alkyl carbamates (subject to hydrolysis) is 1. The van der Waals surface area contributed by atoms with Gasteiger partial charge in [0.15, 0.2) is 6.04 Å². The van der Waals surface area contributed by atoms with Crippen LogP contribution in [0.3, 0.4) is 0 Å². The van der Waals surface area contributed by atoms with Crippen molar-refractivity contribution in [2.24, 2.45) is 5.92 Å². The SMILES string of the molecule is COCC(NC(=O)C1CCCC(NC(=O)OCC2c3ccccc3-c3ccccc32)C1)C(=O)O. The largest absolute Gasteiger partial charge is 0.480 e. The minimum absolute atomic E-state index is 0.0169. The summed E-state index contributed by atoms with van der Waals surface area (Å²) in [5, 5.41) is 14.7. The average Bonchev–Trinajstić information content (AvgIpc) is 3.16. The number of benzene rings is 2. The monoisotopic (exact) mass is 466 g/mol. The van der Waals surface area contributed by atoms with Gasteiger partial charge in [-0.25, -0.2) is 9.59 Å². The zero-order chi connectivity index (χ0) is 24.1. The maximum atomic E-state index is 12.6. The summed E-state index contributed by atoms with van der Waals surface area (Å²) < 4.78 is 10.5. The Morgan fingerprint density at radius 1 is 1.03 bits per heavy atom. The molecule has 1 saturated carbocycles. The number of aliphatic carboxylic acids is 1. The third-order valence-electron chi connectivity index (χ3n) is 6.66. The van der Waals surface area contributed by atoms with Crippen LogP contribution in [-0.4, -0.2) is 55.5 Å². The highest BCUT2D eigenvalue weighted by molar-refractivity contribution is 5.85. The number of methoxy groups -OCH3 is 1. The minimum Gasteiger partial charge on any atom is -0.480 e. The summed E-state index contributed by atoms with van der Waals surface area (Å²) in [4.78, 5) is 36.5.